The number of hydrogen-bond donors (Lipinski definition) is 3. The van der Waals surface area contributed by atoms with Crippen LogP contribution in [0.3, 0.4) is 0 Å². The number of hydrogen-bond acceptors (Lipinski definition) is 7. The van der Waals surface area contributed by atoms with Crippen molar-refractivity contribution in [1.82, 2.24) is 4.98 Å². The molecule has 0 amide bonds. The van der Waals surface area contributed by atoms with Gasteiger partial charge in [-0.15, -0.1) is 12.6 Å². The average Bonchev–Trinajstić information content (AvgIpc) is 2.66. The summed E-state index contributed by atoms with van der Waals surface area (Å²) in [6.45, 7) is 1.97. The van der Waals surface area contributed by atoms with E-state index in [0.29, 0.717) is 0 Å². The highest BCUT2D eigenvalue weighted by Crippen LogP contribution is 2.16. The molecule has 0 saturated carbocycles. The Labute approximate surface area is 112 Å². The standard InChI is InChI=1S/C10H12N4S3/c1-6-12-10(17-16-6)14-8-4-2-7(3-5-8)13-9(11)15/h2-5,9,13,15H,11H2,1H3/b14-10-/t9-/m1/s1. The number of nitrogens with two attached hydrogens (primary N) is 1. The van der Waals surface area contributed by atoms with Crippen molar-refractivity contribution in [2.24, 2.45) is 10.7 Å². The molecule has 2 rings (SSSR count). The molecule has 1 aromatic carbocycles. The van der Waals surface area contributed by atoms with Gasteiger partial charge in [0.25, 0.3) is 0 Å². The van der Waals surface area contributed by atoms with E-state index in [9.17, 15) is 0 Å². The van der Waals surface area contributed by atoms with Crippen LogP contribution in [-0.2, 0) is 0 Å². The number of aryl methyl sites for hydroxylation is 1. The molecule has 0 aliphatic carbocycles. The lowest BCUT2D eigenvalue weighted by molar-refractivity contribution is 1.07. The molecule has 0 radical (unpaired) electrons. The van der Waals surface area contributed by atoms with Crippen molar-refractivity contribution >= 4 is 44.7 Å². The molecule has 0 fully saturated rings. The third-order valence-electron chi connectivity index (χ3n) is 1.90. The van der Waals surface area contributed by atoms with Crippen LogP contribution in [0.4, 0.5) is 11.4 Å². The maximum absolute atomic E-state index is 5.51. The zero-order chi connectivity index (χ0) is 12.3. The van der Waals surface area contributed by atoms with Gasteiger partial charge in [0.2, 0.25) is 4.80 Å². The maximum Gasteiger partial charge on any atom is 0.220 e. The number of aromatic nitrogens is 1. The summed E-state index contributed by atoms with van der Waals surface area (Å²) in [6.07, 6.45) is 0. The van der Waals surface area contributed by atoms with E-state index in [-0.39, 0.29) is 5.50 Å². The Morgan fingerprint density at radius 3 is 2.59 bits per heavy atom. The van der Waals surface area contributed by atoms with E-state index in [0.717, 1.165) is 21.2 Å². The molecule has 0 bridgehead atoms. The number of nitrogens with zero attached hydrogens (tertiary/aromatic N) is 2. The van der Waals surface area contributed by atoms with Gasteiger partial charge < -0.3 is 11.1 Å². The topological polar surface area (TPSA) is 63.3 Å². The fraction of sp³-hybridized carbons (Fsp3) is 0.200. The number of anilines is 1. The van der Waals surface area contributed by atoms with Crippen LogP contribution in [0.1, 0.15) is 5.01 Å². The quantitative estimate of drug-likeness (QED) is 0.460. The van der Waals surface area contributed by atoms with Gasteiger partial charge in [-0.05, 0) is 41.5 Å². The third kappa shape index (κ3) is 3.81. The molecule has 17 heavy (non-hydrogen) atoms. The second-order valence-electron chi connectivity index (χ2n) is 3.33. The largest absolute Gasteiger partial charge is 0.362 e. The smallest absolute Gasteiger partial charge is 0.220 e. The second-order valence-corrected chi connectivity index (χ2v) is 6.17. The third-order valence-corrected chi connectivity index (χ3v) is 4.19. The van der Waals surface area contributed by atoms with E-state index in [4.69, 9.17) is 5.73 Å². The summed E-state index contributed by atoms with van der Waals surface area (Å²) in [6, 6.07) is 7.66. The minimum atomic E-state index is -0.360. The molecule has 1 aromatic heterocycles. The molecule has 90 valence electrons. The molecule has 0 saturated heterocycles. The first-order chi connectivity index (χ1) is 8.13. The van der Waals surface area contributed by atoms with Crippen LogP contribution < -0.4 is 15.9 Å². The predicted molar refractivity (Wildman–Crippen MR) is 77.0 cm³/mol. The summed E-state index contributed by atoms with van der Waals surface area (Å²) in [4.78, 5) is 9.51. The van der Waals surface area contributed by atoms with Crippen LogP contribution in [0.5, 0.6) is 0 Å². The Bertz CT molecular complexity index is 541. The Balaban J connectivity index is 2.19. The van der Waals surface area contributed by atoms with Gasteiger partial charge in [-0.3, -0.25) is 0 Å². The molecule has 3 N–H and O–H groups in total. The van der Waals surface area contributed by atoms with Gasteiger partial charge in [0.1, 0.15) is 10.5 Å². The van der Waals surface area contributed by atoms with Gasteiger partial charge in [-0.2, -0.15) is 0 Å². The Morgan fingerprint density at radius 2 is 2.06 bits per heavy atom. The van der Waals surface area contributed by atoms with Crippen molar-refractivity contribution in [2.75, 3.05) is 5.32 Å². The fourth-order valence-corrected chi connectivity index (χ4v) is 2.99. The summed E-state index contributed by atoms with van der Waals surface area (Å²) in [7, 11) is 3.21. The molecule has 7 heteroatoms. The highest BCUT2D eigenvalue weighted by molar-refractivity contribution is 7.81. The van der Waals surface area contributed by atoms with Gasteiger partial charge >= 0.3 is 0 Å². The van der Waals surface area contributed by atoms with Gasteiger partial charge in [-0.25, -0.2) is 9.98 Å². The lowest BCUT2D eigenvalue weighted by Gasteiger charge is -2.08. The minimum absolute atomic E-state index is 0.360. The van der Waals surface area contributed by atoms with Crippen molar-refractivity contribution in [3.05, 3.63) is 34.1 Å². The van der Waals surface area contributed by atoms with Crippen LogP contribution >= 0.6 is 33.3 Å². The van der Waals surface area contributed by atoms with Crippen LogP contribution in [0.15, 0.2) is 29.3 Å². The van der Waals surface area contributed by atoms with E-state index in [1.807, 2.05) is 31.2 Å². The molecule has 1 heterocycles. The molecule has 2 aromatic rings. The van der Waals surface area contributed by atoms with Crippen LogP contribution in [0.2, 0.25) is 0 Å². The highest BCUT2D eigenvalue weighted by Gasteiger charge is 1.96. The molecular formula is C10H12N4S3. The monoisotopic (exact) mass is 284 g/mol. The van der Waals surface area contributed by atoms with Crippen LogP contribution in [0, 0.1) is 6.92 Å². The van der Waals surface area contributed by atoms with Gasteiger partial charge in [0, 0.05) is 5.69 Å². The number of thiol groups is 1. The van der Waals surface area contributed by atoms with E-state index < -0.39 is 0 Å². The van der Waals surface area contributed by atoms with Crippen molar-refractivity contribution in [2.45, 2.75) is 12.4 Å². The molecular weight excluding hydrogens is 272 g/mol. The fourth-order valence-electron chi connectivity index (χ4n) is 1.23. The van der Waals surface area contributed by atoms with Gasteiger partial charge in [0.15, 0.2) is 0 Å². The molecule has 0 unspecified atom stereocenters. The maximum atomic E-state index is 5.51. The molecule has 4 nitrogen and oxygen atoms in total. The summed E-state index contributed by atoms with van der Waals surface area (Å²) >= 11 is 4.05. The number of rotatable bonds is 3. The zero-order valence-corrected chi connectivity index (χ0v) is 11.6. The lowest BCUT2D eigenvalue weighted by atomic mass is 10.3. The average molecular weight is 284 g/mol. The Hall–Kier alpha value is -0.890. The van der Waals surface area contributed by atoms with Gasteiger partial charge in [-0.1, -0.05) is 10.3 Å². The summed E-state index contributed by atoms with van der Waals surface area (Å²) in [5, 5.41) is 4.02. The van der Waals surface area contributed by atoms with E-state index >= 15 is 0 Å². The van der Waals surface area contributed by atoms with Crippen molar-refractivity contribution < 1.29 is 0 Å². The molecule has 0 aliphatic heterocycles. The summed E-state index contributed by atoms with van der Waals surface area (Å²) in [5.74, 6) is 0. The minimum Gasteiger partial charge on any atom is -0.362 e. The van der Waals surface area contributed by atoms with Crippen molar-refractivity contribution in [3.63, 3.8) is 0 Å². The first-order valence-corrected chi connectivity index (χ1v) is 7.59. The number of nitrogens with one attached hydrogen (secondary N) is 1. The van der Waals surface area contributed by atoms with E-state index in [1.54, 1.807) is 20.7 Å². The first kappa shape index (κ1) is 12.6. The summed E-state index contributed by atoms with van der Waals surface area (Å²) < 4.78 is 0. The van der Waals surface area contributed by atoms with Gasteiger partial charge in [0.05, 0.1) is 5.69 Å². The lowest BCUT2D eigenvalue weighted by Crippen LogP contribution is -2.22. The van der Waals surface area contributed by atoms with Crippen molar-refractivity contribution in [3.8, 4) is 0 Å². The Morgan fingerprint density at radius 1 is 1.35 bits per heavy atom. The molecule has 1 atom stereocenters. The van der Waals surface area contributed by atoms with Crippen LogP contribution in [-0.4, -0.2) is 10.5 Å². The van der Waals surface area contributed by atoms with E-state index in [1.165, 1.54) is 0 Å². The predicted octanol–water partition coefficient (Wildman–Crippen LogP) is 2.33. The second kappa shape index (κ2) is 5.63. The normalized spacial score (nSPS) is 13.7. The highest BCUT2D eigenvalue weighted by atomic mass is 32.9. The molecule has 0 spiro atoms. The number of benzene rings is 1. The molecule has 0 aliphatic rings. The van der Waals surface area contributed by atoms with Crippen molar-refractivity contribution in [1.29, 1.82) is 0 Å². The van der Waals surface area contributed by atoms with E-state index in [2.05, 4.69) is 27.9 Å². The summed E-state index contributed by atoms with van der Waals surface area (Å²) in [5.41, 5.74) is 6.95. The first-order valence-electron chi connectivity index (χ1n) is 4.92. The SMILES string of the molecule is Cc1n/c(=N/c2ccc(N[C@@H](N)S)cc2)ss1. The van der Waals surface area contributed by atoms with Crippen LogP contribution in [0.25, 0.3) is 0 Å². The zero-order valence-electron chi connectivity index (χ0n) is 9.12. The Kier molecular flexibility index (Phi) is 4.16.